The van der Waals surface area contributed by atoms with Crippen LogP contribution < -0.4 is 16.1 Å². The third-order valence-electron chi connectivity index (χ3n) is 5.82. The number of nitrogens with one attached hydrogen (secondary N) is 3. The number of para-hydroxylation sites is 1. The van der Waals surface area contributed by atoms with Gasteiger partial charge in [-0.3, -0.25) is 19.6 Å². The lowest BCUT2D eigenvalue weighted by atomic mass is 9.67. The van der Waals surface area contributed by atoms with Crippen LogP contribution in [0.25, 0.3) is 11.1 Å². The molecule has 0 radical (unpaired) electrons. The molecule has 4 rings (SSSR count). The van der Waals surface area contributed by atoms with Crippen molar-refractivity contribution in [2.24, 2.45) is 5.41 Å². The van der Waals surface area contributed by atoms with Crippen molar-refractivity contribution in [3.8, 4) is 11.1 Å². The van der Waals surface area contributed by atoms with Crippen LogP contribution in [0.15, 0.2) is 78.9 Å². The molecular formula is C25H23N3O4. The molecule has 0 unspecified atom stereocenters. The summed E-state index contributed by atoms with van der Waals surface area (Å²) in [7, 11) is 0. The zero-order valence-corrected chi connectivity index (χ0v) is 17.3. The number of hydrogen-bond acceptors (Lipinski definition) is 4. The Labute approximate surface area is 185 Å². The van der Waals surface area contributed by atoms with Crippen molar-refractivity contribution < 1.29 is 19.6 Å². The molecule has 0 heterocycles. The molecule has 0 bridgehead atoms. The molecule has 0 saturated heterocycles. The van der Waals surface area contributed by atoms with Crippen LogP contribution in [0, 0.1) is 5.41 Å². The van der Waals surface area contributed by atoms with E-state index in [0.29, 0.717) is 29.8 Å². The van der Waals surface area contributed by atoms with Gasteiger partial charge in [-0.1, -0.05) is 55.0 Å². The highest BCUT2D eigenvalue weighted by atomic mass is 16.5. The second-order valence-corrected chi connectivity index (χ2v) is 7.78. The number of hydrogen-bond donors (Lipinski definition) is 4. The fourth-order valence-corrected chi connectivity index (χ4v) is 3.85. The van der Waals surface area contributed by atoms with E-state index in [2.05, 4.69) is 10.6 Å². The first kappa shape index (κ1) is 21.3. The molecule has 0 aliphatic heterocycles. The maximum absolute atomic E-state index is 13.2. The molecule has 1 fully saturated rings. The first-order valence-electron chi connectivity index (χ1n) is 10.4. The Hall–Kier alpha value is -3.97. The van der Waals surface area contributed by atoms with Gasteiger partial charge in [0.1, 0.15) is 5.41 Å². The molecule has 3 aromatic carbocycles. The van der Waals surface area contributed by atoms with Crippen molar-refractivity contribution in [1.82, 2.24) is 5.48 Å². The van der Waals surface area contributed by atoms with Gasteiger partial charge in [-0.2, -0.15) is 0 Å². The Morgan fingerprint density at radius 2 is 1.34 bits per heavy atom. The highest BCUT2D eigenvalue weighted by molar-refractivity contribution is 6.15. The molecule has 1 aliphatic carbocycles. The van der Waals surface area contributed by atoms with Crippen LogP contribution in [0.5, 0.6) is 0 Å². The summed E-state index contributed by atoms with van der Waals surface area (Å²) < 4.78 is 0. The number of carbonyl (C=O) groups is 3. The van der Waals surface area contributed by atoms with Crippen LogP contribution in [0.1, 0.15) is 29.6 Å². The zero-order valence-electron chi connectivity index (χ0n) is 17.3. The summed E-state index contributed by atoms with van der Waals surface area (Å²) in [5, 5.41) is 14.8. The van der Waals surface area contributed by atoms with E-state index in [-0.39, 0.29) is 17.4 Å². The topological polar surface area (TPSA) is 108 Å². The number of anilines is 2. The Morgan fingerprint density at radius 1 is 0.750 bits per heavy atom. The normalized spacial score (nSPS) is 14.0. The average molecular weight is 429 g/mol. The third-order valence-corrected chi connectivity index (χ3v) is 5.82. The number of amides is 3. The molecule has 0 aromatic heterocycles. The highest BCUT2D eigenvalue weighted by Gasteiger charge is 2.50. The minimum absolute atomic E-state index is 0.261. The predicted octanol–water partition coefficient (Wildman–Crippen LogP) is 4.22. The van der Waals surface area contributed by atoms with Gasteiger partial charge in [0.25, 0.3) is 5.91 Å². The van der Waals surface area contributed by atoms with Gasteiger partial charge in [-0.15, -0.1) is 0 Å². The second kappa shape index (κ2) is 9.03. The lowest BCUT2D eigenvalue weighted by molar-refractivity contribution is -0.142. The van der Waals surface area contributed by atoms with E-state index in [1.54, 1.807) is 29.7 Å². The van der Waals surface area contributed by atoms with Crippen LogP contribution in [-0.4, -0.2) is 22.9 Å². The van der Waals surface area contributed by atoms with Gasteiger partial charge in [0.15, 0.2) is 0 Å². The standard InChI is InChI=1S/C25H23N3O4/c29-22(28-32)20-13-12-19(16-21(20)17-8-3-1-4-9-17)27-24(31)25(14-7-15-25)23(30)26-18-10-5-2-6-11-18/h1-6,8-13,16,32H,7,14-15H2,(H,26,30)(H,27,31)(H,28,29). The number of benzene rings is 3. The minimum atomic E-state index is -1.14. The Morgan fingerprint density at radius 3 is 1.91 bits per heavy atom. The maximum Gasteiger partial charge on any atom is 0.275 e. The number of rotatable bonds is 6. The van der Waals surface area contributed by atoms with E-state index in [0.717, 1.165) is 12.0 Å². The summed E-state index contributed by atoms with van der Waals surface area (Å²) in [6, 6.07) is 23.0. The van der Waals surface area contributed by atoms with Crippen molar-refractivity contribution in [3.63, 3.8) is 0 Å². The van der Waals surface area contributed by atoms with Crippen LogP contribution in [-0.2, 0) is 9.59 Å². The first-order chi connectivity index (χ1) is 15.5. The average Bonchev–Trinajstić information content (AvgIpc) is 2.79. The molecule has 7 heteroatoms. The zero-order chi connectivity index (χ0) is 22.6. The third kappa shape index (κ3) is 4.10. The molecule has 1 aliphatic rings. The molecule has 1 saturated carbocycles. The fraction of sp³-hybridized carbons (Fsp3) is 0.160. The van der Waals surface area contributed by atoms with E-state index in [1.807, 2.05) is 48.5 Å². The molecule has 3 amide bonds. The summed E-state index contributed by atoms with van der Waals surface area (Å²) in [4.78, 5) is 38.3. The van der Waals surface area contributed by atoms with Crippen molar-refractivity contribution in [3.05, 3.63) is 84.4 Å². The largest absolute Gasteiger partial charge is 0.325 e. The Balaban J connectivity index is 1.59. The van der Waals surface area contributed by atoms with Gasteiger partial charge in [0.05, 0.1) is 0 Å². The SMILES string of the molecule is O=C(NO)c1ccc(NC(=O)C2(C(=O)Nc3ccccc3)CCC2)cc1-c1ccccc1. The number of hydroxylamine groups is 1. The van der Waals surface area contributed by atoms with Gasteiger partial charge in [-0.25, -0.2) is 5.48 Å². The van der Waals surface area contributed by atoms with Crippen LogP contribution in [0.3, 0.4) is 0 Å². The van der Waals surface area contributed by atoms with Crippen LogP contribution in [0.4, 0.5) is 11.4 Å². The second-order valence-electron chi connectivity index (χ2n) is 7.78. The Kier molecular flexibility index (Phi) is 6.00. The van der Waals surface area contributed by atoms with Crippen LogP contribution in [0.2, 0.25) is 0 Å². The Bertz CT molecular complexity index is 1140. The highest BCUT2D eigenvalue weighted by Crippen LogP contribution is 2.43. The minimum Gasteiger partial charge on any atom is -0.325 e. The summed E-state index contributed by atoms with van der Waals surface area (Å²) in [6.07, 6.45) is 1.72. The maximum atomic E-state index is 13.2. The van der Waals surface area contributed by atoms with Gasteiger partial charge in [0.2, 0.25) is 11.8 Å². The molecule has 0 atom stereocenters. The van der Waals surface area contributed by atoms with E-state index < -0.39 is 11.3 Å². The van der Waals surface area contributed by atoms with Crippen molar-refractivity contribution >= 4 is 29.1 Å². The van der Waals surface area contributed by atoms with Gasteiger partial charge in [-0.05, 0) is 54.3 Å². The van der Waals surface area contributed by atoms with E-state index in [1.165, 1.54) is 6.07 Å². The van der Waals surface area contributed by atoms with Crippen molar-refractivity contribution in [1.29, 1.82) is 0 Å². The number of carbonyl (C=O) groups excluding carboxylic acids is 3. The molecule has 7 nitrogen and oxygen atoms in total. The molecule has 4 N–H and O–H groups in total. The lowest BCUT2D eigenvalue weighted by Crippen LogP contribution is -2.50. The molecule has 162 valence electrons. The van der Waals surface area contributed by atoms with Crippen LogP contribution >= 0.6 is 0 Å². The summed E-state index contributed by atoms with van der Waals surface area (Å²) in [6.45, 7) is 0. The van der Waals surface area contributed by atoms with E-state index in [9.17, 15) is 14.4 Å². The first-order valence-corrected chi connectivity index (χ1v) is 10.4. The van der Waals surface area contributed by atoms with Crippen molar-refractivity contribution in [2.75, 3.05) is 10.6 Å². The molecule has 32 heavy (non-hydrogen) atoms. The summed E-state index contributed by atoms with van der Waals surface area (Å²) >= 11 is 0. The lowest BCUT2D eigenvalue weighted by Gasteiger charge is -2.38. The predicted molar refractivity (Wildman–Crippen MR) is 121 cm³/mol. The van der Waals surface area contributed by atoms with E-state index in [4.69, 9.17) is 5.21 Å². The fourth-order valence-electron chi connectivity index (χ4n) is 3.85. The van der Waals surface area contributed by atoms with Gasteiger partial charge >= 0.3 is 0 Å². The molecular weight excluding hydrogens is 406 g/mol. The van der Waals surface area contributed by atoms with E-state index >= 15 is 0 Å². The monoisotopic (exact) mass is 429 g/mol. The molecule has 0 spiro atoms. The smallest absolute Gasteiger partial charge is 0.275 e. The van der Waals surface area contributed by atoms with Crippen molar-refractivity contribution in [2.45, 2.75) is 19.3 Å². The quantitative estimate of drug-likeness (QED) is 0.267. The van der Waals surface area contributed by atoms with Gasteiger partial charge < -0.3 is 10.6 Å². The van der Waals surface area contributed by atoms with Gasteiger partial charge in [0, 0.05) is 16.9 Å². The summed E-state index contributed by atoms with van der Waals surface area (Å²) in [5.74, 6) is -1.36. The molecule has 3 aromatic rings. The summed E-state index contributed by atoms with van der Waals surface area (Å²) in [5.41, 5.74) is 3.18.